The molecular formula is C26H20ClFN2O4S. The molecule has 3 aromatic carbocycles. The van der Waals surface area contributed by atoms with Gasteiger partial charge in [0.05, 0.1) is 21.2 Å². The minimum Gasteiger partial charge on any atom is -0.487 e. The zero-order valence-electron chi connectivity index (χ0n) is 18.6. The minimum atomic E-state index is -1.05. The number of thioether (sulfide) groups is 1. The van der Waals surface area contributed by atoms with Gasteiger partial charge in [0, 0.05) is 12.1 Å². The molecule has 0 saturated carbocycles. The SMILES string of the molecule is CCN1C(=O)C(=Cc2ccc(OCc3ccccc3F)c(Cl)c2)SC1=Nc1cccc(C(=O)O)c1. The summed E-state index contributed by atoms with van der Waals surface area (Å²) in [6.07, 6.45) is 1.71. The number of carbonyl (C=O) groups excluding carboxylic acids is 1. The highest BCUT2D eigenvalue weighted by atomic mass is 35.5. The lowest BCUT2D eigenvalue weighted by molar-refractivity contribution is -0.122. The van der Waals surface area contributed by atoms with E-state index in [1.807, 2.05) is 6.92 Å². The molecular weight excluding hydrogens is 491 g/mol. The molecule has 9 heteroatoms. The lowest BCUT2D eigenvalue weighted by atomic mass is 10.2. The van der Waals surface area contributed by atoms with E-state index in [-0.39, 0.29) is 23.9 Å². The van der Waals surface area contributed by atoms with Crippen LogP contribution in [0.1, 0.15) is 28.4 Å². The number of hydrogen-bond acceptors (Lipinski definition) is 5. The van der Waals surface area contributed by atoms with E-state index < -0.39 is 5.97 Å². The average Bonchev–Trinajstić information content (AvgIpc) is 3.13. The number of likely N-dealkylation sites (N-methyl/N-ethyl adjacent to an activating group) is 1. The van der Waals surface area contributed by atoms with Crippen LogP contribution in [0.15, 0.2) is 76.6 Å². The Balaban J connectivity index is 1.53. The highest BCUT2D eigenvalue weighted by Gasteiger charge is 2.32. The number of rotatable bonds is 7. The second kappa shape index (κ2) is 10.8. The van der Waals surface area contributed by atoms with E-state index in [9.17, 15) is 19.1 Å². The Morgan fingerprint density at radius 2 is 1.97 bits per heavy atom. The lowest BCUT2D eigenvalue weighted by Crippen LogP contribution is -2.28. The summed E-state index contributed by atoms with van der Waals surface area (Å²) in [6.45, 7) is 2.28. The van der Waals surface area contributed by atoms with Crippen LogP contribution in [-0.4, -0.2) is 33.6 Å². The first-order valence-electron chi connectivity index (χ1n) is 10.6. The first-order chi connectivity index (χ1) is 16.9. The van der Waals surface area contributed by atoms with E-state index in [1.165, 1.54) is 34.9 Å². The van der Waals surface area contributed by atoms with E-state index >= 15 is 0 Å². The van der Waals surface area contributed by atoms with Gasteiger partial charge >= 0.3 is 5.97 Å². The summed E-state index contributed by atoms with van der Waals surface area (Å²) >= 11 is 7.57. The molecule has 0 aromatic heterocycles. The molecule has 0 aliphatic carbocycles. The molecule has 178 valence electrons. The van der Waals surface area contributed by atoms with E-state index in [0.29, 0.717) is 44.2 Å². The number of halogens is 2. The molecule has 1 heterocycles. The first kappa shape index (κ1) is 24.5. The molecule has 1 aliphatic heterocycles. The molecule has 3 aromatic rings. The molecule has 1 N–H and O–H groups in total. The summed E-state index contributed by atoms with van der Waals surface area (Å²) < 4.78 is 19.5. The summed E-state index contributed by atoms with van der Waals surface area (Å²) in [5.41, 5.74) is 1.67. The van der Waals surface area contributed by atoms with Gasteiger partial charge in [0.15, 0.2) is 5.17 Å². The topological polar surface area (TPSA) is 79.2 Å². The van der Waals surface area contributed by atoms with Gasteiger partial charge in [0.25, 0.3) is 5.91 Å². The Hall–Kier alpha value is -3.62. The summed E-state index contributed by atoms with van der Waals surface area (Å²) in [5, 5.41) is 9.99. The number of aliphatic imine (C=N–C) groups is 1. The quantitative estimate of drug-likeness (QED) is 0.373. The van der Waals surface area contributed by atoms with E-state index in [1.54, 1.807) is 54.6 Å². The Morgan fingerprint density at radius 1 is 1.17 bits per heavy atom. The largest absolute Gasteiger partial charge is 0.487 e. The molecule has 1 fully saturated rings. The molecule has 0 atom stereocenters. The average molecular weight is 511 g/mol. The van der Waals surface area contributed by atoms with Crippen molar-refractivity contribution in [2.45, 2.75) is 13.5 Å². The fourth-order valence-electron chi connectivity index (χ4n) is 3.34. The van der Waals surface area contributed by atoms with Gasteiger partial charge < -0.3 is 9.84 Å². The second-order valence-electron chi connectivity index (χ2n) is 7.48. The number of aromatic carboxylic acids is 1. The third-order valence-electron chi connectivity index (χ3n) is 5.12. The number of carboxylic acids is 1. The highest BCUT2D eigenvalue weighted by molar-refractivity contribution is 8.18. The van der Waals surface area contributed by atoms with Gasteiger partial charge in [-0.15, -0.1) is 0 Å². The standard InChI is InChI=1S/C26H20ClFN2O4S/c1-2-30-24(31)23(35-26(30)29-19-8-5-7-17(14-19)25(32)33)13-16-10-11-22(20(27)12-16)34-15-18-6-3-4-9-21(18)28/h3-14H,2,15H2,1H3,(H,32,33). The molecule has 6 nitrogen and oxygen atoms in total. The maximum atomic E-state index is 13.8. The predicted octanol–water partition coefficient (Wildman–Crippen LogP) is 6.38. The van der Waals surface area contributed by atoms with Crippen LogP contribution in [0.4, 0.5) is 10.1 Å². The van der Waals surface area contributed by atoms with Crippen molar-refractivity contribution in [1.29, 1.82) is 0 Å². The van der Waals surface area contributed by atoms with Crippen LogP contribution < -0.4 is 4.74 Å². The number of carboxylic acid groups (broad SMARTS) is 1. The van der Waals surface area contributed by atoms with Crippen molar-refractivity contribution in [2.75, 3.05) is 6.54 Å². The summed E-state index contributed by atoms with van der Waals surface area (Å²) in [4.78, 5) is 30.6. The van der Waals surface area contributed by atoms with Crippen LogP contribution in [-0.2, 0) is 11.4 Å². The van der Waals surface area contributed by atoms with Crippen molar-refractivity contribution in [1.82, 2.24) is 4.90 Å². The van der Waals surface area contributed by atoms with Crippen molar-refractivity contribution in [3.8, 4) is 5.75 Å². The van der Waals surface area contributed by atoms with Crippen molar-refractivity contribution in [2.24, 2.45) is 4.99 Å². The van der Waals surface area contributed by atoms with Crippen LogP contribution >= 0.6 is 23.4 Å². The highest BCUT2D eigenvalue weighted by Crippen LogP contribution is 2.35. The van der Waals surface area contributed by atoms with Crippen molar-refractivity contribution >= 4 is 52.2 Å². The van der Waals surface area contributed by atoms with Crippen LogP contribution in [0.2, 0.25) is 5.02 Å². The van der Waals surface area contributed by atoms with E-state index in [2.05, 4.69) is 4.99 Å². The normalized spacial score (nSPS) is 15.7. The maximum absolute atomic E-state index is 13.8. The van der Waals surface area contributed by atoms with Crippen LogP contribution in [0, 0.1) is 5.82 Å². The third kappa shape index (κ3) is 5.72. The van der Waals surface area contributed by atoms with E-state index in [4.69, 9.17) is 16.3 Å². The molecule has 1 saturated heterocycles. The number of carbonyl (C=O) groups is 2. The fourth-order valence-corrected chi connectivity index (χ4v) is 4.64. The fraction of sp³-hybridized carbons (Fsp3) is 0.115. The molecule has 0 unspecified atom stereocenters. The Morgan fingerprint density at radius 3 is 2.69 bits per heavy atom. The third-order valence-corrected chi connectivity index (χ3v) is 6.42. The zero-order chi connectivity index (χ0) is 24.9. The number of amidine groups is 1. The molecule has 1 amide bonds. The van der Waals surface area contributed by atoms with Crippen molar-refractivity contribution in [3.63, 3.8) is 0 Å². The summed E-state index contributed by atoms with van der Waals surface area (Å²) in [7, 11) is 0. The molecule has 1 aliphatic rings. The van der Waals surface area contributed by atoms with Crippen molar-refractivity contribution < 1.29 is 23.8 Å². The molecule has 0 spiro atoms. The van der Waals surface area contributed by atoms with Crippen LogP contribution in [0.5, 0.6) is 5.75 Å². The Labute approximate surface area is 210 Å². The molecule has 4 rings (SSSR count). The number of ether oxygens (including phenoxy) is 1. The molecule has 35 heavy (non-hydrogen) atoms. The van der Waals surface area contributed by atoms with Crippen LogP contribution in [0.3, 0.4) is 0 Å². The number of nitrogens with zero attached hydrogens (tertiary/aromatic N) is 2. The monoisotopic (exact) mass is 510 g/mol. The minimum absolute atomic E-state index is 0.0372. The predicted molar refractivity (Wildman–Crippen MR) is 136 cm³/mol. The van der Waals surface area contributed by atoms with Gasteiger partial charge in [-0.25, -0.2) is 14.2 Å². The van der Waals surface area contributed by atoms with Gasteiger partial charge in [-0.1, -0.05) is 41.9 Å². The Kier molecular flexibility index (Phi) is 7.53. The molecule has 0 radical (unpaired) electrons. The van der Waals surface area contributed by atoms with Gasteiger partial charge in [-0.05, 0) is 66.7 Å². The van der Waals surface area contributed by atoms with Gasteiger partial charge in [0.1, 0.15) is 18.2 Å². The number of hydrogen-bond donors (Lipinski definition) is 1. The molecule has 0 bridgehead atoms. The van der Waals surface area contributed by atoms with Crippen molar-refractivity contribution in [3.05, 3.63) is 99.2 Å². The lowest BCUT2D eigenvalue weighted by Gasteiger charge is -2.12. The number of benzene rings is 3. The van der Waals surface area contributed by atoms with Gasteiger partial charge in [0.2, 0.25) is 0 Å². The second-order valence-corrected chi connectivity index (χ2v) is 8.90. The maximum Gasteiger partial charge on any atom is 0.335 e. The smallest absolute Gasteiger partial charge is 0.335 e. The summed E-state index contributed by atoms with van der Waals surface area (Å²) in [5.74, 6) is -1.21. The van der Waals surface area contributed by atoms with Gasteiger partial charge in [-0.3, -0.25) is 9.69 Å². The van der Waals surface area contributed by atoms with Crippen LogP contribution in [0.25, 0.3) is 6.08 Å². The summed E-state index contributed by atoms with van der Waals surface area (Å²) in [6, 6.07) is 17.7. The van der Waals surface area contributed by atoms with E-state index in [0.717, 1.165) is 0 Å². The van der Waals surface area contributed by atoms with Gasteiger partial charge in [-0.2, -0.15) is 0 Å². The zero-order valence-corrected chi connectivity index (χ0v) is 20.1. The number of amides is 1. The first-order valence-corrected chi connectivity index (χ1v) is 11.8. The Bertz CT molecular complexity index is 1360.